The zero-order valence-electron chi connectivity index (χ0n) is 18.0. The third-order valence-corrected chi connectivity index (χ3v) is 5.04. The highest BCUT2D eigenvalue weighted by Gasteiger charge is 2.16. The molecule has 1 fully saturated rings. The molecule has 0 spiro atoms. The summed E-state index contributed by atoms with van der Waals surface area (Å²) in [6, 6.07) is 15.2. The summed E-state index contributed by atoms with van der Waals surface area (Å²) >= 11 is 0. The molecule has 31 heavy (non-hydrogen) atoms. The normalized spacial score (nSPS) is 17.6. The third kappa shape index (κ3) is 7.48. The Hall–Kier alpha value is -2.71. The van der Waals surface area contributed by atoms with Gasteiger partial charge in [0, 0.05) is 45.3 Å². The lowest BCUT2D eigenvalue weighted by Crippen LogP contribution is -2.40. The highest BCUT2D eigenvalue weighted by molar-refractivity contribution is 5.79. The average Bonchev–Trinajstić information content (AvgIpc) is 2.75. The second-order valence-corrected chi connectivity index (χ2v) is 7.50. The van der Waals surface area contributed by atoms with Crippen molar-refractivity contribution in [2.24, 2.45) is 4.99 Å². The predicted molar refractivity (Wildman–Crippen MR) is 117 cm³/mol. The number of ether oxygens (including phenoxy) is 2. The van der Waals surface area contributed by atoms with Gasteiger partial charge in [-0.1, -0.05) is 42.5 Å². The van der Waals surface area contributed by atoms with Crippen molar-refractivity contribution in [1.82, 2.24) is 15.5 Å². The molecule has 2 aromatic carbocycles. The standard InChI is InChI=1S/C23H30F2N4O2/c1-17-15-29(10-11-30-17)16-19-7-5-6-18(12-19)13-27-23(26-2)28-14-20-8-3-4-9-21(20)31-22(24)25/h3-9,12,17,22H,10-11,13-16H2,1-2H3,(H2,26,27,28). The Kier molecular flexibility index (Phi) is 8.61. The Morgan fingerprint density at radius 3 is 2.71 bits per heavy atom. The average molecular weight is 433 g/mol. The molecule has 0 saturated carbocycles. The number of alkyl halides is 2. The van der Waals surface area contributed by atoms with Crippen LogP contribution in [0.1, 0.15) is 23.6 Å². The number of halogens is 2. The van der Waals surface area contributed by atoms with Crippen LogP contribution in [0.4, 0.5) is 8.78 Å². The van der Waals surface area contributed by atoms with E-state index in [1.807, 2.05) is 0 Å². The number of aliphatic imine (C=N–C) groups is 1. The van der Waals surface area contributed by atoms with Crippen molar-refractivity contribution in [2.75, 3.05) is 26.7 Å². The van der Waals surface area contributed by atoms with Crippen LogP contribution in [0.5, 0.6) is 5.75 Å². The number of hydrogen-bond donors (Lipinski definition) is 2. The molecule has 6 nitrogen and oxygen atoms in total. The Morgan fingerprint density at radius 2 is 1.94 bits per heavy atom. The summed E-state index contributed by atoms with van der Waals surface area (Å²) in [5.41, 5.74) is 3.03. The molecule has 2 N–H and O–H groups in total. The minimum atomic E-state index is -2.86. The summed E-state index contributed by atoms with van der Waals surface area (Å²) in [6.45, 7) is 3.72. The van der Waals surface area contributed by atoms with Gasteiger partial charge >= 0.3 is 6.61 Å². The van der Waals surface area contributed by atoms with E-state index in [1.54, 1.807) is 25.2 Å². The predicted octanol–water partition coefficient (Wildman–Crippen LogP) is 3.37. The number of rotatable bonds is 8. The lowest BCUT2D eigenvalue weighted by Gasteiger charge is -2.31. The van der Waals surface area contributed by atoms with Crippen molar-refractivity contribution in [3.8, 4) is 5.75 Å². The van der Waals surface area contributed by atoms with Crippen LogP contribution < -0.4 is 15.4 Å². The summed E-state index contributed by atoms with van der Waals surface area (Å²) < 4.78 is 35.4. The van der Waals surface area contributed by atoms with Crippen LogP contribution >= 0.6 is 0 Å². The lowest BCUT2D eigenvalue weighted by atomic mass is 10.1. The van der Waals surface area contributed by atoms with Gasteiger partial charge in [0.05, 0.1) is 12.7 Å². The van der Waals surface area contributed by atoms with E-state index in [1.165, 1.54) is 11.6 Å². The second kappa shape index (κ2) is 11.6. The van der Waals surface area contributed by atoms with Gasteiger partial charge in [-0.05, 0) is 24.1 Å². The zero-order valence-corrected chi connectivity index (χ0v) is 18.0. The Balaban J connectivity index is 1.52. The van der Waals surface area contributed by atoms with E-state index in [4.69, 9.17) is 4.74 Å². The molecule has 2 aromatic rings. The van der Waals surface area contributed by atoms with Gasteiger partial charge in [-0.15, -0.1) is 0 Å². The summed E-state index contributed by atoms with van der Waals surface area (Å²) in [4.78, 5) is 6.62. The van der Waals surface area contributed by atoms with Crippen molar-refractivity contribution in [1.29, 1.82) is 0 Å². The fourth-order valence-electron chi connectivity index (χ4n) is 3.58. The minimum Gasteiger partial charge on any atom is -0.434 e. The molecule has 1 aliphatic rings. The fraction of sp³-hybridized carbons (Fsp3) is 0.435. The van der Waals surface area contributed by atoms with E-state index >= 15 is 0 Å². The quantitative estimate of drug-likeness (QED) is 0.495. The molecule has 1 unspecified atom stereocenters. The highest BCUT2D eigenvalue weighted by atomic mass is 19.3. The maximum atomic E-state index is 12.6. The van der Waals surface area contributed by atoms with Crippen molar-refractivity contribution in [3.05, 3.63) is 65.2 Å². The topological polar surface area (TPSA) is 58.1 Å². The van der Waals surface area contributed by atoms with Crippen LogP contribution in [-0.2, 0) is 24.4 Å². The molecule has 1 aliphatic heterocycles. The van der Waals surface area contributed by atoms with Crippen LogP contribution in [0.15, 0.2) is 53.5 Å². The monoisotopic (exact) mass is 432 g/mol. The fourth-order valence-corrected chi connectivity index (χ4v) is 3.58. The molecule has 0 aliphatic carbocycles. The smallest absolute Gasteiger partial charge is 0.387 e. The molecule has 0 amide bonds. The molecule has 1 saturated heterocycles. The lowest BCUT2D eigenvalue weighted by molar-refractivity contribution is -0.0504. The van der Waals surface area contributed by atoms with Gasteiger partial charge in [0.2, 0.25) is 0 Å². The first-order valence-corrected chi connectivity index (χ1v) is 10.4. The largest absolute Gasteiger partial charge is 0.434 e. The van der Waals surface area contributed by atoms with Crippen molar-refractivity contribution >= 4 is 5.96 Å². The number of hydrogen-bond acceptors (Lipinski definition) is 4. The van der Waals surface area contributed by atoms with Crippen molar-refractivity contribution in [2.45, 2.75) is 39.3 Å². The van der Waals surface area contributed by atoms with E-state index < -0.39 is 6.61 Å². The van der Waals surface area contributed by atoms with Crippen molar-refractivity contribution < 1.29 is 18.3 Å². The molecule has 0 aromatic heterocycles. The van der Waals surface area contributed by atoms with E-state index in [-0.39, 0.29) is 11.9 Å². The number of guanidine groups is 1. The highest BCUT2D eigenvalue weighted by Crippen LogP contribution is 2.20. The van der Waals surface area contributed by atoms with Gasteiger partial charge < -0.3 is 20.1 Å². The summed E-state index contributed by atoms with van der Waals surface area (Å²) in [5, 5.41) is 6.42. The van der Waals surface area contributed by atoms with Crippen LogP contribution in [0.25, 0.3) is 0 Å². The van der Waals surface area contributed by atoms with E-state index in [9.17, 15) is 8.78 Å². The first-order valence-electron chi connectivity index (χ1n) is 10.4. The molecule has 3 rings (SSSR count). The van der Waals surface area contributed by atoms with Crippen LogP contribution in [0, 0.1) is 0 Å². The number of benzene rings is 2. The maximum absolute atomic E-state index is 12.6. The number of para-hydroxylation sites is 1. The zero-order chi connectivity index (χ0) is 22.1. The van der Waals surface area contributed by atoms with E-state index in [2.05, 4.69) is 56.5 Å². The number of morpholine rings is 1. The first-order chi connectivity index (χ1) is 15.0. The van der Waals surface area contributed by atoms with Crippen LogP contribution in [-0.4, -0.2) is 50.3 Å². The Labute approximate surface area is 182 Å². The first kappa shape index (κ1) is 23.0. The summed E-state index contributed by atoms with van der Waals surface area (Å²) in [5.74, 6) is 0.741. The molecular weight excluding hydrogens is 402 g/mol. The van der Waals surface area contributed by atoms with Crippen LogP contribution in [0.3, 0.4) is 0 Å². The molecular formula is C23H30F2N4O2. The number of nitrogens with one attached hydrogen (secondary N) is 2. The Bertz CT molecular complexity index is 863. The van der Waals surface area contributed by atoms with Gasteiger partial charge in [0.1, 0.15) is 5.75 Å². The van der Waals surface area contributed by atoms with E-state index in [0.29, 0.717) is 24.6 Å². The second-order valence-electron chi connectivity index (χ2n) is 7.50. The Morgan fingerprint density at radius 1 is 1.16 bits per heavy atom. The summed E-state index contributed by atoms with van der Waals surface area (Å²) in [6.07, 6.45) is 0.268. The van der Waals surface area contributed by atoms with Gasteiger partial charge in [-0.3, -0.25) is 9.89 Å². The third-order valence-electron chi connectivity index (χ3n) is 5.04. The SMILES string of the molecule is CN=C(NCc1cccc(CN2CCOC(C)C2)c1)NCc1ccccc1OC(F)F. The minimum absolute atomic E-state index is 0.158. The molecule has 1 atom stereocenters. The summed E-state index contributed by atoms with van der Waals surface area (Å²) in [7, 11) is 1.67. The molecule has 1 heterocycles. The van der Waals surface area contributed by atoms with E-state index in [0.717, 1.165) is 31.8 Å². The van der Waals surface area contributed by atoms with Gasteiger partial charge in [0.15, 0.2) is 5.96 Å². The molecule has 0 bridgehead atoms. The molecule has 0 radical (unpaired) electrons. The van der Waals surface area contributed by atoms with Gasteiger partial charge in [0.25, 0.3) is 0 Å². The van der Waals surface area contributed by atoms with Crippen LogP contribution in [0.2, 0.25) is 0 Å². The molecule has 168 valence electrons. The number of nitrogens with zero attached hydrogens (tertiary/aromatic N) is 2. The molecule has 8 heteroatoms. The van der Waals surface area contributed by atoms with Gasteiger partial charge in [-0.25, -0.2) is 0 Å². The van der Waals surface area contributed by atoms with Gasteiger partial charge in [-0.2, -0.15) is 8.78 Å². The maximum Gasteiger partial charge on any atom is 0.387 e. The van der Waals surface area contributed by atoms with Crippen molar-refractivity contribution in [3.63, 3.8) is 0 Å².